The number of para-hydroxylation sites is 1. The van der Waals surface area contributed by atoms with Crippen molar-refractivity contribution in [2.24, 2.45) is 5.10 Å². The van der Waals surface area contributed by atoms with Crippen molar-refractivity contribution >= 4 is 29.1 Å². The third-order valence-corrected chi connectivity index (χ3v) is 3.57. The molecule has 1 aliphatic heterocycles. The van der Waals surface area contributed by atoms with Crippen molar-refractivity contribution in [2.75, 3.05) is 6.54 Å². The number of benzene rings is 1. The van der Waals surface area contributed by atoms with Gasteiger partial charge in [0.2, 0.25) is 5.91 Å². The second-order valence-corrected chi connectivity index (χ2v) is 5.19. The molecule has 0 radical (unpaired) electrons. The Hall–Kier alpha value is -2.63. The minimum Gasteiger partial charge on any atom is -0.460 e. The molecule has 2 aromatic rings. The van der Waals surface area contributed by atoms with Gasteiger partial charge >= 0.3 is 6.03 Å². The molecule has 2 heterocycles. The van der Waals surface area contributed by atoms with Crippen molar-refractivity contribution in [2.45, 2.75) is 26.2 Å². The van der Waals surface area contributed by atoms with E-state index < -0.39 is 6.03 Å². The Bertz CT molecular complexity index is 748. The molecule has 1 fully saturated rings. The molecule has 0 spiro atoms. The monoisotopic (exact) mass is 299 g/mol. The Kier molecular flexibility index (Phi) is 3.91. The zero-order valence-electron chi connectivity index (χ0n) is 12.3. The van der Waals surface area contributed by atoms with Crippen LogP contribution in [0.3, 0.4) is 0 Å². The first-order chi connectivity index (χ1) is 10.7. The fraction of sp³-hybridized carbons (Fsp3) is 0.312. The summed E-state index contributed by atoms with van der Waals surface area (Å²) in [4.78, 5) is 22.7. The first-order valence-corrected chi connectivity index (χ1v) is 7.34. The number of imide groups is 1. The number of furan rings is 1. The highest BCUT2D eigenvalue weighted by Gasteiger charge is 2.26. The molecule has 0 bridgehead atoms. The lowest BCUT2D eigenvalue weighted by Crippen LogP contribution is -2.24. The van der Waals surface area contributed by atoms with Gasteiger partial charge in [0.05, 0.1) is 6.21 Å². The highest BCUT2D eigenvalue weighted by Crippen LogP contribution is 2.26. The Balaban J connectivity index is 1.94. The number of amides is 3. The molecule has 0 unspecified atom stereocenters. The standard InChI is InChI=1S/C16H17N3O3/c1-2-3-7-14-12(11-6-4-5-8-13(11)22-14)9-17-19-10-15(20)18-16(19)21/h4-6,8-9H,2-3,7,10H2,1H3,(H,18,20,21)/b17-9-. The second kappa shape index (κ2) is 6.01. The number of carbonyl (C=O) groups excluding carboxylic acids is 2. The summed E-state index contributed by atoms with van der Waals surface area (Å²) in [6, 6.07) is 7.23. The molecule has 3 rings (SSSR count). The van der Waals surface area contributed by atoms with Crippen molar-refractivity contribution in [1.29, 1.82) is 0 Å². The molecule has 22 heavy (non-hydrogen) atoms. The van der Waals surface area contributed by atoms with Gasteiger partial charge in [0.25, 0.3) is 0 Å². The van der Waals surface area contributed by atoms with Crippen LogP contribution in [0.1, 0.15) is 31.1 Å². The normalized spacial score (nSPS) is 15.2. The first kappa shape index (κ1) is 14.3. The number of nitrogens with one attached hydrogen (secondary N) is 1. The number of carbonyl (C=O) groups is 2. The zero-order chi connectivity index (χ0) is 15.5. The molecule has 0 saturated carbocycles. The number of hydrogen-bond donors (Lipinski definition) is 1. The molecule has 0 aliphatic carbocycles. The first-order valence-electron chi connectivity index (χ1n) is 7.34. The maximum absolute atomic E-state index is 11.5. The summed E-state index contributed by atoms with van der Waals surface area (Å²) in [5.74, 6) is 0.517. The van der Waals surface area contributed by atoms with Gasteiger partial charge in [-0.15, -0.1) is 0 Å². The van der Waals surface area contributed by atoms with Gasteiger partial charge in [0, 0.05) is 17.4 Å². The van der Waals surface area contributed by atoms with E-state index in [9.17, 15) is 9.59 Å². The van der Waals surface area contributed by atoms with Crippen molar-refractivity contribution in [3.05, 3.63) is 35.6 Å². The average molecular weight is 299 g/mol. The fourth-order valence-corrected chi connectivity index (χ4v) is 2.43. The molecule has 1 aliphatic rings. The average Bonchev–Trinajstić information content (AvgIpc) is 3.02. The van der Waals surface area contributed by atoms with Crippen molar-refractivity contribution in [3.63, 3.8) is 0 Å². The smallest absolute Gasteiger partial charge is 0.344 e. The van der Waals surface area contributed by atoms with Crippen LogP contribution < -0.4 is 5.32 Å². The van der Waals surface area contributed by atoms with E-state index in [2.05, 4.69) is 17.3 Å². The quantitative estimate of drug-likeness (QED) is 0.681. The van der Waals surface area contributed by atoms with Crippen molar-refractivity contribution < 1.29 is 14.0 Å². The Morgan fingerprint density at radius 3 is 2.91 bits per heavy atom. The van der Waals surface area contributed by atoms with Gasteiger partial charge < -0.3 is 4.42 Å². The number of hydrogen-bond acceptors (Lipinski definition) is 4. The lowest BCUT2D eigenvalue weighted by Gasteiger charge is -2.04. The van der Waals surface area contributed by atoms with Crippen LogP contribution in [0.15, 0.2) is 33.8 Å². The minimum atomic E-state index is -0.496. The van der Waals surface area contributed by atoms with Gasteiger partial charge in [-0.25, -0.2) is 9.80 Å². The predicted octanol–water partition coefficient (Wildman–Crippen LogP) is 2.66. The summed E-state index contributed by atoms with van der Waals surface area (Å²) in [6.07, 6.45) is 4.51. The molecule has 3 amide bonds. The van der Waals surface area contributed by atoms with Crippen LogP contribution in [-0.4, -0.2) is 29.7 Å². The van der Waals surface area contributed by atoms with E-state index >= 15 is 0 Å². The maximum atomic E-state index is 11.5. The minimum absolute atomic E-state index is 0.0462. The predicted molar refractivity (Wildman–Crippen MR) is 82.7 cm³/mol. The van der Waals surface area contributed by atoms with Gasteiger partial charge in [-0.1, -0.05) is 31.5 Å². The van der Waals surface area contributed by atoms with E-state index in [0.717, 1.165) is 46.6 Å². The van der Waals surface area contributed by atoms with Crippen LogP contribution in [-0.2, 0) is 11.2 Å². The highest BCUT2D eigenvalue weighted by molar-refractivity contribution is 6.03. The van der Waals surface area contributed by atoms with Crippen molar-refractivity contribution in [3.8, 4) is 0 Å². The van der Waals surface area contributed by atoms with Gasteiger partial charge in [0.1, 0.15) is 17.9 Å². The molecule has 114 valence electrons. The van der Waals surface area contributed by atoms with Crippen LogP contribution in [0.25, 0.3) is 11.0 Å². The number of unbranched alkanes of at least 4 members (excludes halogenated alkanes) is 1. The lowest BCUT2D eigenvalue weighted by molar-refractivity contribution is -0.118. The van der Waals surface area contributed by atoms with E-state index in [1.807, 2.05) is 24.3 Å². The second-order valence-electron chi connectivity index (χ2n) is 5.19. The molecular weight excluding hydrogens is 282 g/mol. The van der Waals surface area contributed by atoms with Crippen LogP contribution in [0.5, 0.6) is 0 Å². The summed E-state index contributed by atoms with van der Waals surface area (Å²) >= 11 is 0. The number of aryl methyl sites for hydroxylation is 1. The van der Waals surface area contributed by atoms with Gasteiger partial charge in [0.15, 0.2) is 0 Å². The van der Waals surface area contributed by atoms with E-state index in [0.29, 0.717) is 0 Å². The van der Waals surface area contributed by atoms with E-state index in [-0.39, 0.29) is 12.5 Å². The van der Waals surface area contributed by atoms with E-state index in [1.165, 1.54) is 0 Å². The molecule has 1 N–H and O–H groups in total. The maximum Gasteiger partial charge on any atom is 0.344 e. The summed E-state index contributed by atoms with van der Waals surface area (Å²) in [6.45, 7) is 2.08. The molecule has 6 heteroatoms. The molecule has 0 atom stereocenters. The SMILES string of the molecule is CCCCc1oc2ccccc2c1/C=N\N1CC(=O)NC1=O. The van der Waals surface area contributed by atoms with Gasteiger partial charge in [-0.05, 0) is 12.5 Å². The van der Waals surface area contributed by atoms with Crippen LogP contribution in [0.2, 0.25) is 0 Å². The van der Waals surface area contributed by atoms with Crippen LogP contribution in [0.4, 0.5) is 4.79 Å². The Morgan fingerprint density at radius 2 is 2.18 bits per heavy atom. The summed E-state index contributed by atoms with van der Waals surface area (Å²) in [5.41, 5.74) is 1.67. The largest absolute Gasteiger partial charge is 0.460 e. The molecule has 1 aromatic heterocycles. The molecular formula is C16H17N3O3. The fourth-order valence-electron chi connectivity index (χ4n) is 2.43. The summed E-state index contributed by atoms with van der Waals surface area (Å²) < 4.78 is 5.89. The molecule has 1 aromatic carbocycles. The number of urea groups is 1. The van der Waals surface area contributed by atoms with Crippen molar-refractivity contribution in [1.82, 2.24) is 10.3 Å². The van der Waals surface area contributed by atoms with Gasteiger partial charge in [-0.3, -0.25) is 10.1 Å². The van der Waals surface area contributed by atoms with Crippen LogP contribution >= 0.6 is 0 Å². The number of hydrazone groups is 1. The molecule has 6 nitrogen and oxygen atoms in total. The van der Waals surface area contributed by atoms with Crippen LogP contribution in [0, 0.1) is 0 Å². The summed E-state index contributed by atoms with van der Waals surface area (Å²) in [5, 5.41) is 8.41. The third kappa shape index (κ3) is 2.72. The Labute approximate surface area is 127 Å². The van der Waals surface area contributed by atoms with E-state index in [1.54, 1.807) is 6.21 Å². The summed E-state index contributed by atoms with van der Waals surface area (Å²) in [7, 11) is 0. The van der Waals surface area contributed by atoms with Gasteiger partial charge in [-0.2, -0.15) is 5.10 Å². The third-order valence-electron chi connectivity index (χ3n) is 3.57. The highest BCUT2D eigenvalue weighted by atomic mass is 16.3. The van der Waals surface area contributed by atoms with E-state index in [4.69, 9.17) is 4.42 Å². The lowest BCUT2D eigenvalue weighted by atomic mass is 10.1. The molecule has 1 saturated heterocycles. The number of rotatable bonds is 5. The number of fused-ring (bicyclic) bond motifs is 1. The Morgan fingerprint density at radius 1 is 1.36 bits per heavy atom. The zero-order valence-corrected chi connectivity index (χ0v) is 12.3. The number of nitrogens with zero attached hydrogens (tertiary/aromatic N) is 2. The topological polar surface area (TPSA) is 74.9 Å².